The van der Waals surface area contributed by atoms with Gasteiger partial charge in [0.2, 0.25) is 11.8 Å². The minimum atomic E-state index is -0.0574. The fraction of sp³-hybridized carbons (Fsp3) is 0.556. The molecule has 23 heavy (non-hydrogen) atoms. The summed E-state index contributed by atoms with van der Waals surface area (Å²) in [7, 11) is 1.70. The molecule has 5 heteroatoms. The summed E-state index contributed by atoms with van der Waals surface area (Å²) in [6.45, 7) is 3.47. The van der Waals surface area contributed by atoms with E-state index in [1.54, 1.807) is 7.05 Å². The number of aryl methyl sites for hydroxylation is 2. The first-order valence-corrected chi connectivity index (χ1v) is 8.41. The van der Waals surface area contributed by atoms with Crippen molar-refractivity contribution in [1.82, 2.24) is 10.2 Å². The van der Waals surface area contributed by atoms with Crippen LogP contribution in [0, 0.1) is 6.92 Å². The van der Waals surface area contributed by atoms with Crippen LogP contribution in [0.4, 0.5) is 5.69 Å². The topological polar surface area (TPSA) is 52.7 Å². The molecule has 3 rings (SSSR count). The maximum atomic E-state index is 12.4. The zero-order valence-corrected chi connectivity index (χ0v) is 14.0. The lowest BCUT2D eigenvalue weighted by Gasteiger charge is -2.32. The van der Waals surface area contributed by atoms with E-state index < -0.39 is 0 Å². The Morgan fingerprint density at radius 3 is 2.87 bits per heavy atom. The van der Waals surface area contributed by atoms with Gasteiger partial charge in [-0.15, -0.1) is 0 Å². The van der Waals surface area contributed by atoms with Crippen molar-refractivity contribution in [2.75, 3.05) is 31.6 Å². The van der Waals surface area contributed by atoms with Crippen molar-refractivity contribution in [2.45, 2.75) is 38.6 Å². The van der Waals surface area contributed by atoms with Crippen molar-refractivity contribution in [1.29, 1.82) is 0 Å². The zero-order valence-electron chi connectivity index (χ0n) is 14.0. The van der Waals surface area contributed by atoms with Gasteiger partial charge < -0.3 is 15.1 Å². The Bertz CT molecular complexity index is 610. The van der Waals surface area contributed by atoms with E-state index in [2.05, 4.69) is 35.3 Å². The highest BCUT2D eigenvalue weighted by Gasteiger charge is 2.25. The summed E-state index contributed by atoms with van der Waals surface area (Å²) in [5.74, 6) is -0.0672. The van der Waals surface area contributed by atoms with Crippen molar-refractivity contribution in [3.8, 4) is 0 Å². The minimum absolute atomic E-state index is 0.00984. The van der Waals surface area contributed by atoms with E-state index in [0.29, 0.717) is 12.6 Å². The molecule has 1 N–H and O–H groups in total. The fourth-order valence-corrected chi connectivity index (χ4v) is 3.06. The van der Waals surface area contributed by atoms with Gasteiger partial charge in [0, 0.05) is 25.3 Å². The van der Waals surface area contributed by atoms with Crippen LogP contribution in [0.15, 0.2) is 18.2 Å². The second kappa shape index (κ2) is 6.60. The first kappa shape index (κ1) is 15.8. The Morgan fingerprint density at radius 1 is 1.35 bits per heavy atom. The van der Waals surface area contributed by atoms with Gasteiger partial charge in [0.15, 0.2) is 0 Å². The number of benzene rings is 1. The largest absolute Gasteiger partial charge is 0.362 e. The van der Waals surface area contributed by atoms with Gasteiger partial charge in [-0.25, -0.2) is 0 Å². The molecule has 0 spiro atoms. The molecule has 1 fully saturated rings. The molecular formula is C18H25N3O2. The van der Waals surface area contributed by atoms with E-state index in [1.807, 2.05) is 0 Å². The molecule has 1 aliphatic heterocycles. The highest BCUT2D eigenvalue weighted by molar-refractivity contribution is 5.87. The van der Waals surface area contributed by atoms with Crippen LogP contribution in [-0.4, -0.2) is 49.4 Å². The lowest BCUT2D eigenvalue weighted by Crippen LogP contribution is -2.44. The van der Waals surface area contributed by atoms with Crippen molar-refractivity contribution < 1.29 is 9.59 Å². The van der Waals surface area contributed by atoms with E-state index in [1.165, 1.54) is 16.0 Å². The number of hydrogen-bond donors (Lipinski definition) is 1. The van der Waals surface area contributed by atoms with E-state index >= 15 is 0 Å². The Morgan fingerprint density at radius 2 is 2.13 bits per heavy atom. The van der Waals surface area contributed by atoms with Gasteiger partial charge in [-0.2, -0.15) is 0 Å². The maximum absolute atomic E-state index is 12.4. The van der Waals surface area contributed by atoms with Crippen molar-refractivity contribution in [3.05, 3.63) is 29.3 Å². The molecule has 124 valence electrons. The van der Waals surface area contributed by atoms with Crippen LogP contribution < -0.4 is 10.2 Å². The standard InChI is InChI=1S/C18H25N3O2/c1-13-5-8-16-14(10-13)4-3-9-21(16)12-18(23)20(2)11-17(22)19-15-6-7-15/h5,8,10,15H,3-4,6-7,9,11-12H2,1-2H3,(H,19,22). The molecule has 5 nitrogen and oxygen atoms in total. The average molecular weight is 315 g/mol. The Labute approximate surface area is 137 Å². The number of hydrogen-bond acceptors (Lipinski definition) is 3. The minimum Gasteiger partial charge on any atom is -0.362 e. The normalized spacial score (nSPS) is 16.7. The highest BCUT2D eigenvalue weighted by atomic mass is 16.2. The Kier molecular flexibility index (Phi) is 4.55. The van der Waals surface area contributed by atoms with Crippen LogP contribution in [0.2, 0.25) is 0 Å². The predicted octanol–water partition coefficient (Wildman–Crippen LogP) is 1.48. The third-order valence-electron chi connectivity index (χ3n) is 4.52. The number of nitrogens with zero attached hydrogens (tertiary/aromatic N) is 2. The summed E-state index contributed by atoms with van der Waals surface area (Å²) < 4.78 is 0. The molecule has 1 heterocycles. The number of fused-ring (bicyclic) bond motifs is 1. The van der Waals surface area contributed by atoms with Gasteiger partial charge in [0.1, 0.15) is 0 Å². The monoisotopic (exact) mass is 315 g/mol. The van der Waals surface area contributed by atoms with Gasteiger partial charge in [-0.1, -0.05) is 17.7 Å². The van der Waals surface area contributed by atoms with Gasteiger partial charge >= 0.3 is 0 Å². The molecule has 1 aliphatic carbocycles. The van der Waals surface area contributed by atoms with Gasteiger partial charge in [-0.3, -0.25) is 9.59 Å². The SMILES string of the molecule is Cc1ccc2c(c1)CCCN2CC(=O)N(C)CC(=O)NC1CC1. The maximum Gasteiger partial charge on any atom is 0.242 e. The number of carbonyl (C=O) groups is 2. The summed E-state index contributed by atoms with van der Waals surface area (Å²) in [6, 6.07) is 6.74. The molecule has 0 unspecified atom stereocenters. The summed E-state index contributed by atoms with van der Waals surface area (Å²) >= 11 is 0. The first-order chi connectivity index (χ1) is 11.0. The van der Waals surface area contributed by atoms with Crippen LogP contribution in [-0.2, 0) is 16.0 Å². The third-order valence-corrected chi connectivity index (χ3v) is 4.52. The summed E-state index contributed by atoms with van der Waals surface area (Å²) in [5.41, 5.74) is 3.73. The van der Waals surface area contributed by atoms with Crippen LogP contribution in [0.5, 0.6) is 0 Å². The smallest absolute Gasteiger partial charge is 0.242 e. The molecule has 1 saturated carbocycles. The summed E-state index contributed by atoms with van der Waals surface area (Å²) in [4.78, 5) is 27.9. The second-order valence-electron chi connectivity index (χ2n) is 6.75. The van der Waals surface area contributed by atoms with Crippen LogP contribution in [0.3, 0.4) is 0 Å². The Hall–Kier alpha value is -2.04. The van der Waals surface area contributed by atoms with Crippen molar-refractivity contribution >= 4 is 17.5 Å². The molecule has 1 aromatic rings. The van der Waals surface area contributed by atoms with Gasteiger partial charge in [-0.05, 0) is 44.2 Å². The molecule has 0 saturated heterocycles. The number of nitrogens with one attached hydrogen (secondary N) is 1. The van der Waals surface area contributed by atoms with Crippen molar-refractivity contribution in [3.63, 3.8) is 0 Å². The van der Waals surface area contributed by atoms with E-state index in [4.69, 9.17) is 0 Å². The molecular weight excluding hydrogens is 290 g/mol. The van der Waals surface area contributed by atoms with Crippen LogP contribution >= 0.6 is 0 Å². The van der Waals surface area contributed by atoms with Crippen LogP contribution in [0.25, 0.3) is 0 Å². The van der Waals surface area contributed by atoms with Gasteiger partial charge in [0.25, 0.3) is 0 Å². The molecule has 1 aromatic carbocycles. The summed E-state index contributed by atoms with van der Waals surface area (Å²) in [5, 5.41) is 2.92. The van der Waals surface area contributed by atoms with Crippen LogP contribution in [0.1, 0.15) is 30.4 Å². The van der Waals surface area contributed by atoms with Gasteiger partial charge in [0.05, 0.1) is 13.1 Å². The Balaban J connectivity index is 1.58. The molecule has 0 bridgehead atoms. The summed E-state index contributed by atoms with van der Waals surface area (Å²) in [6.07, 6.45) is 4.26. The number of carbonyl (C=O) groups excluding carboxylic acids is 2. The number of rotatable bonds is 5. The molecule has 0 aromatic heterocycles. The molecule has 2 amide bonds. The molecule has 0 atom stereocenters. The fourth-order valence-electron chi connectivity index (χ4n) is 3.06. The van der Waals surface area contributed by atoms with E-state index in [9.17, 15) is 9.59 Å². The number of anilines is 1. The highest BCUT2D eigenvalue weighted by Crippen LogP contribution is 2.27. The van der Waals surface area contributed by atoms with E-state index in [-0.39, 0.29) is 18.4 Å². The second-order valence-corrected chi connectivity index (χ2v) is 6.75. The van der Waals surface area contributed by atoms with E-state index in [0.717, 1.165) is 37.9 Å². The number of likely N-dealkylation sites (N-methyl/N-ethyl adjacent to an activating group) is 1. The average Bonchev–Trinajstić information content (AvgIpc) is 3.30. The lowest BCUT2D eigenvalue weighted by molar-refractivity contribution is -0.133. The lowest BCUT2D eigenvalue weighted by atomic mass is 9.99. The van der Waals surface area contributed by atoms with Crippen molar-refractivity contribution in [2.24, 2.45) is 0 Å². The quantitative estimate of drug-likeness (QED) is 0.895. The molecule has 0 radical (unpaired) electrons. The third kappa shape index (κ3) is 4.03. The number of amides is 2. The zero-order chi connectivity index (χ0) is 16.4. The molecule has 2 aliphatic rings. The first-order valence-electron chi connectivity index (χ1n) is 8.41. The predicted molar refractivity (Wildman–Crippen MR) is 90.5 cm³/mol.